The van der Waals surface area contributed by atoms with Gasteiger partial charge in [-0.15, -0.1) is 24.0 Å². The molecule has 0 aromatic heterocycles. The van der Waals surface area contributed by atoms with E-state index in [9.17, 15) is 0 Å². The number of hydrogen-bond acceptors (Lipinski definition) is 3. The van der Waals surface area contributed by atoms with E-state index in [1.807, 2.05) is 0 Å². The van der Waals surface area contributed by atoms with Crippen molar-refractivity contribution in [1.82, 2.24) is 10.2 Å². The zero-order chi connectivity index (χ0) is 11.4. The van der Waals surface area contributed by atoms with Gasteiger partial charge >= 0.3 is 0 Å². The van der Waals surface area contributed by atoms with Crippen molar-refractivity contribution >= 4 is 45.9 Å². The van der Waals surface area contributed by atoms with E-state index >= 15 is 0 Å². The normalized spacial score (nSPS) is 14.2. The minimum atomic E-state index is 0. The Morgan fingerprint density at radius 2 is 2.06 bits per heavy atom. The standard InChI is InChI=1S/C12H16BrN3.HI/c1-16-9-8-15-12(16)14-7-6-10-2-4-11(13)5-3-10;/h2-5H,6-9H2,1H3,(H,14,15);1H. The van der Waals surface area contributed by atoms with Crippen LogP contribution in [0.3, 0.4) is 0 Å². The van der Waals surface area contributed by atoms with Crippen molar-refractivity contribution in [2.75, 3.05) is 26.7 Å². The fourth-order valence-corrected chi connectivity index (χ4v) is 1.96. The highest BCUT2D eigenvalue weighted by molar-refractivity contribution is 14.0. The molecule has 17 heavy (non-hydrogen) atoms. The lowest BCUT2D eigenvalue weighted by molar-refractivity contribution is 0.534. The first-order chi connectivity index (χ1) is 7.75. The molecule has 1 aliphatic heterocycles. The molecular formula is C12H17BrIN3. The Labute approximate surface area is 128 Å². The van der Waals surface area contributed by atoms with Gasteiger partial charge < -0.3 is 10.2 Å². The van der Waals surface area contributed by atoms with Crippen LogP contribution in [0.1, 0.15) is 5.56 Å². The summed E-state index contributed by atoms with van der Waals surface area (Å²) in [7, 11) is 2.07. The van der Waals surface area contributed by atoms with Crippen molar-refractivity contribution in [3.05, 3.63) is 34.3 Å². The Balaban J connectivity index is 0.00000144. The largest absolute Gasteiger partial charge is 0.356 e. The summed E-state index contributed by atoms with van der Waals surface area (Å²) in [5, 5.41) is 3.36. The quantitative estimate of drug-likeness (QED) is 0.776. The number of nitrogens with zero attached hydrogens (tertiary/aromatic N) is 2. The molecule has 0 bridgehead atoms. The molecule has 0 spiro atoms. The molecule has 0 aliphatic carbocycles. The molecule has 94 valence electrons. The van der Waals surface area contributed by atoms with Crippen molar-refractivity contribution in [1.29, 1.82) is 0 Å². The minimum Gasteiger partial charge on any atom is -0.356 e. The molecule has 1 aromatic carbocycles. The fraction of sp³-hybridized carbons (Fsp3) is 0.417. The zero-order valence-electron chi connectivity index (χ0n) is 9.82. The molecule has 2 rings (SSSR count). The average Bonchev–Trinajstić information content (AvgIpc) is 2.68. The first-order valence-electron chi connectivity index (χ1n) is 5.49. The van der Waals surface area contributed by atoms with E-state index in [4.69, 9.17) is 0 Å². The molecule has 0 saturated heterocycles. The number of nitrogens with one attached hydrogen (secondary N) is 1. The van der Waals surface area contributed by atoms with Crippen LogP contribution in [-0.4, -0.2) is 37.5 Å². The number of likely N-dealkylation sites (N-methyl/N-ethyl adjacent to an activating group) is 1. The Kier molecular flexibility index (Phi) is 6.26. The first kappa shape index (κ1) is 14.8. The lowest BCUT2D eigenvalue weighted by Gasteiger charge is -2.15. The molecule has 1 heterocycles. The van der Waals surface area contributed by atoms with Crippen LogP contribution in [0.25, 0.3) is 0 Å². The van der Waals surface area contributed by atoms with Gasteiger partial charge in [-0.3, -0.25) is 4.99 Å². The van der Waals surface area contributed by atoms with Crippen LogP contribution in [0, 0.1) is 0 Å². The highest BCUT2D eigenvalue weighted by atomic mass is 127. The maximum Gasteiger partial charge on any atom is 0.193 e. The molecule has 0 atom stereocenters. The van der Waals surface area contributed by atoms with Gasteiger partial charge in [-0.25, -0.2) is 0 Å². The molecule has 0 fully saturated rings. The van der Waals surface area contributed by atoms with Crippen LogP contribution in [-0.2, 0) is 6.42 Å². The van der Waals surface area contributed by atoms with E-state index in [2.05, 4.69) is 62.5 Å². The van der Waals surface area contributed by atoms with Crippen LogP contribution < -0.4 is 5.32 Å². The predicted octanol–water partition coefficient (Wildman–Crippen LogP) is 2.50. The summed E-state index contributed by atoms with van der Waals surface area (Å²) in [6.45, 7) is 2.88. The Bertz CT molecular complexity index is 378. The molecule has 1 aromatic rings. The topological polar surface area (TPSA) is 27.6 Å². The van der Waals surface area contributed by atoms with Crippen molar-refractivity contribution in [3.8, 4) is 0 Å². The van der Waals surface area contributed by atoms with Gasteiger partial charge in [-0.05, 0) is 24.1 Å². The van der Waals surface area contributed by atoms with Crippen LogP contribution in [0.4, 0.5) is 0 Å². The van der Waals surface area contributed by atoms with Crippen LogP contribution in [0.5, 0.6) is 0 Å². The molecular weight excluding hydrogens is 393 g/mol. The maximum atomic E-state index is 4.39. The van der Waals surface area contributed by atoms with Crippen molar-refractivity contribution < 1.29 is 0 Å². The zero-order valence-corrected chi connectivity index (χ0v) is 13.7. The summed E-state index contributed by atoms with van der Waals surface area (Å²) in [6.07, 6.45) is 1.03. The lowest BCUT2D eigenvalue weighted by atomic mass is 10.1. The summed E-state index contributed by atoms with van der Waals surface area (Å²) in [5.74, 6) is 1.03. The number of hydrogen-bond donors (Lipinski definition) is 1. The van der Waals surface area contributed by atoms with E-state index in [1.165, 1.54) is 5.56 Å². The van der Waals surface area contributed by atoms with E-state index < -0.39 is 0 Å². The predicted molar refractivity (Wildman–Crippen MR) is 86.2 cm³/mol. The van der Waals surface area contributed by atoms with Crippen LogP contribution in [0.15, 0.2) is 33.7 Å². The van der Waals surface area contributed by atoms with E-state index in [1.54, 1.807) is 0 Å². The van der Waals surface area contributed by atoms with Crippen LogP contribution in [0.2, 0.25) is 0 Å². The molecule has 0 saturated carbocycles. The third-order valence-electron chi connectivity index (χ3n) is 2.67. The lowest BCUT2D eigenvalue weighted by Crippen LogP contribution is -2.36. The van der Waals surface area contributed by atoms with Gasteiger partial charge in [-0.2, -0.15) is 0 Å². The summed E-state index contributed by atoms with van der Waals surface area (Å²) in [6, 6.07) is 8.45. The molecule has 5 heteroatoms. The molecule has 0 amide bonds. The summed E-state index contributed by atoms with van der Waals surface area (Å²) in [5.41, 5.74) is 1.34. The smallest absolute Gasteiger partial charge is 0.193 e. The van der Waals surface area contributed by atoms with E-state index in [-0.39, 0.29) is 24.0 Å². The van der Waals surface area contributed by atoms with Crippen molar-refractivity contribution in [2.45, 2.75) is 6.42 Å². The highest BCUT2D eigenvalue weighted by Gasteiger charge is 2.10. The summed E-state index contributed by atoms with van der Waals surface area (Å²) >= 11 is 3.43. The van der Waals surface area contributed by atoms with Gasteiger partial charge in [-0.1, -0.05) is 28.1 Å². The SMILES string of the molecule is CN1CCN=C1NCCc1ccc(Br)cc1.I. The third-order valence-corrected chi connectivity index (χ3v) is 3.20. The van der Waals surface area contributed by atoms with Crippen LogP contribution >= 0.6 is 39.9 Å². The third kappa shape index (κ3) is 4.46. The summed E-state index contributed by atoms with van der Waals surface area (Å²) < 4.78 is 1.13. The van der Waals surface area contributed by atoms with Crippen molar-refractivity contribution in [2.24, 2.45) is 4.99 Å². The van der Waals surface area contributed by atoms with Gasteiger partial charge in [0, 0.05) is 24.6 Å². The molecule has 1 N–H and O–H groups in total. The highest BCUT2D eigenvalue weighted by Crippen LogP contribution is 2.10. The Hall–Kier alpha value is -0.300. The van der Waals surface area contributed by atoms with E-state index in [0.29, 0.717) is 0 Å². The molecule has 0 unspecified atom stereocenters. The number of guanidine groups is 1. The van der Waals surface area contributed by atoms with Gasteiger partial charge in [0.25, 0.3) is 0 Å². The molecule has 3 nitrogen and oxygen atoms in total. The van der Waals surface area contributed by atoms with E-state index in [0.717, 1.165) is 36.5 Å². The fourth-order valence-electron chi connectivity index (χ4n) is 1.69. The number of benzene rings is 1. The second kappa shape index (κ2) is 7.20. The first-order valence-corrected chi connectivity index (χ1v) is 6.29. The number of rotatable bonds is 3. The Morgan fingerprint density at radius 1 is 1.35 bits per heavy atom. The molecule has 0 radical (unpaired) electrons. The minimum absolute atomic E-state index is 0. The Morgan fingerprint density at radius 3 is 2.65 bits per heavy atom. The molecule has 1 aliphatic rings. The second-order valence-corrected chi connectivity index (χ2v) is 4.85. The van der Waals surface area contributed by atoms with Crippen molar-refractivity contribution in [3.63, 3.8) is 0 Å². The van der Waals surface area contributed by atoms with Gasteiger partial charge in [0.2, 0.25) is 0 Å². The summed E-state index contributed by atoms with van der Waals surface area (Å²) in [4.78, 5) is 6.54. The van der Waals surface area contributed by atoms with Gasteiger partial charge in [0.1, 0.15) is 0 Å². The van der Waals surface area contributed by atoms with Gasteiger partial charge in [0.05, 0.1) is 6.54 Å². The van der Waals surface area contributed by atoms with Gasteiger partial charge in [0.15, 0.2) is 5.96 Å². The number of aliphatic imine (C=N–C) groups is 1. The maximum absolute atomic E-state index is 4.39. The monoisotopic (exact) mass is 409 g/mol. The second-order valence-electron chi connectivity index (χ2n) is 3.93. The number of halogens is 2. The average molecular weight is 410 g/mol.